The minimum absolute atomic E-state index is 0.241. The van der Waals surface area contributed by atoms with Gasteiger partial charge in [-0.05, 0) is 25.4 Å². The van der Waals surface area contributed by atoms with Crippen molar-refractivity contribution in [1.82, 2.24) is 19.7 Å². The first-order valence-corrected chi connectivity index (χ1v) is 7.75. The maximum Gasteiger partial charge on any atom is 0.421 e. The van der Waals surface area contributed by atoms with Crippen molar-refractivity contribution >= 4 is 23.2 Å². The lowest BCUT2D eigenvalue weighted by molar-refractivity contribution is -0.137. The van der Waals surface area contributed by atoms with Gasteiger partial charge in [0.25, 0.3) is 0 Å². The van der Waals surface area contributed by atoms with E-state index < -0.39 is 11.7 Å². The molecule has 0 aliphatic rings. The molecule has 2 aromatic rings. The normalized spacial score (nSPS) is 12.9. The van der Waals surface area contributed by atoms with Crippen LogP contribution in [0.5, 0.6) is 5.75 Å². The summed E-state index contributed by atoms with van der Waals surface area (Å²) in [6.07, 6.45) is -3.52. The summed E-state index contributed by atoms with van der Waals surface area (Å²) in [5.74, 6) is 0.493. The summed E-state index contributed by atoms with van der Waals surface area (Å²) in [5.41, 5.74) is 5.50. The number of nitrogen functional groups attached to an aromatic ring is 1. The molecule has 0 radical (unpaired) electrons. The highest BCUT2D eigenvalue weighted by atomic mass is 35.5. The molecule has 0 amide bonds. The van der Waals surface area contributed by atoms with Gasteiger partial charge in [0.15, 0.2) is 11.6 Å². The maximum absolute atomic E-state index is 13.0. The zero-order valence-electron chi connectivity index (χ0n) is 13.9. The number of hydrogen-bond donors (Lipinski definition) is 2. The Hall–Kier alpha value is -2.23. The van der Waals surface area contributed by atoms with Gasteiger partial charge in [-0.3, -0.25) is 0 Å². The second-order valence-corrected chi connectivity index (χ2v) is 5.84. The Morgan fingerprint density at radius 3 is 2.68 bits per heavy atom. The van der Waals surface area contributed by atoms with Crippen molar-refractivity contribution < 1.29 is 17.9 Å². The Balaban J connectivity index is 1.99. The Morgan fingerprint density at radius 2 is 2.12 bits per heavy atom. The van der Waals surface area contributed by atoms with Crippen LogP contribution in [0.4, 0.5) is 24.8 Å². The fraction of sp³-hybridized carbons (Fsp3) is 0.500. The predicted octanol–water partition coefficient (Wildman–Crippen LogP) is 3.04. The summed E-state index contributed by atoms with van der Waals surface area (Å²) in [4.78, 5) is 7.01. The molecule has 0 fully saturated rings. The van der Waals surface area contributed by atoms with E-state index in [1.165, 1.54) is 4.68 Å². The van der Waals surface area contributed by atoms with Gasteiger partial charge < -0.3 is 15.8 Å². The van der Waals surface area contributed by atoms with E-state index in [2.05, 4.69) is 20.4 Å². The Kier molecular flexibility index (Phi) is 5.61. The van der Waals surface area contributed by atoms with E-state index in [4.69, 9.17) is 22.1 Å². The van der Waals surface area contributed by atoms with Gasteiger partial charge in [-0.1, -0.05) is 0 Å². The van der Waals surface area contributed by atoms with E-state index in [9.17, 15) is 13.2 Å². The largest absolute Gasteiger partial charge is 0.488 e. The van der Waals surface area contributed by atoms with Crippen molar-refractivity contribution in [3.63, 3.8) is 0 Å². The number of halogens is 4. The molecule has 0 unspecified atom stereocenters. The van der Waals surface area contributed by atoms with Crippen LogP contribution < -0.4 is 15.8 Å². The number of nitrogens with two attached hydrogens (primary N) is 1. The summed E-state index contributed by atoms with van der Waals surface area (Å²) >= 11 is 5.59. The van der Waals surface area contributed by atoms with Gasteiger partial charge in [0, 0.05) is 25.7 Å². The topological polar surface area (TPSA) is 90.9 Å². The van der Waals surface area contributed by atoms with Gasteiger partial charge in [-0.2, -0.15) is 18.3 Å². The van der Waals surface area contributed by atoms with E-state index in [1.54, 1.807) is 20.9 Å². The average molecular weight is 379 g/mol. The molecule has 2 rings (SSSR count). The lowest BCUT2D eigenvalue weighted by Crippen LogP contribution is -2.22. The number of nitrogens with zero attached hydrogens (tertiary/aromatic N) is 4. The predicted molar refractivity (Wildman–Crippen MR) is 87.6 cm³/mol. The van der Waals surface area contributed by atoms with Gasteiger partial charge in [-0.15, -0.1) is 0 Å². The lowest BCUT2D eigenvalue weighted by Gasteiger charge is -2.18. The number of rotatable bonds is 6. The van der Waals surface area contributed by atoms with E-state index in [0.717, 1.165) is 0 Å². The monoisotopic (exact) mass is 378 g/mol. The van der Waals surface area contributed by atoms with Crippen LogP contribution in [0.3, 0.4) is 0 Å². The van der Waals surface area contributed by atoms with Crippen molar-refractivity contribution in [3.8, 4) is 5.75 Å². The summed E-state index contributed by atoms with van der Waals surface area (Å²) in [6, 6.07) is -0.356. The van der Waals surface area contributed by atoms with Crippen LogP contribution >= 0.6 is 11.6 Å². The fourth-order valence-electron chi connectivity index (χ4n) is 2.16. The summed E-state index contributed by atoms with van der Waals surface area (Å²) in [7, 11) is 1.69. The Bertz CT molecular complexity index is 749. The first-order valence-electron chi connectivity index (χ1n) is 7.37. The van der Waals surface area contributed by atoms with Crippen LogP contribution in [0.25, 0.3) is 0 Å². The molecule has 0 saturated heterocycles. The van der Waals surface area contributed by atoms with Crippen LogP contribution in [0.1, 0.15) is 24.6 Å². The second kappa shape index (κ2) is 7.34. The smallest absolute Gasteiger partial charge is 0.421 e. The molecular formula is C14H18ClF3N6O. The number of anilines is 2. The molecule has 2 aromatic heterocycles. The fourth-order valence-corrected chi connectivity index (χ4v) is 2.29. The summed E-state index contributed by atoms with van der Waals surface area (Å²) in [6.45, 7) is 3.70. The second-order valence-electron chi connectivity index (χ2n) is 5.50. The molecular weight excluding hydrogens is 361 g/mol. The third-order valence-corrected chi connectivity index (χ3v) is 3.64. The molecule has 7 nitrogen and oxygen atoms in total. The van der Waals surface area contributed by atoms with Crippen LogP contribution in [-0.4, -0.2) is 32.4 Å². The van der Waals surface area contributed by atoms with E-state index >= 15 is 0 Å². The van der Waals surface area contributed by atoms with Crippen molar-refractivity contribution in [2.75, 3.05) is 17.7 Å². The average Bonchev–Trinajstić information content (AvgIpc) is 2.72. The number of nitrogens with one attached hydrogen (secondary N) is 1. The molecule has 138 valence electrons. The van der Waals surface area contributed by atoms with Crippen molar-refractivity contribution in [3.05, 3.63) is 22.7 Å². The van der Waals surface area contributed by atoms with E-state index in [1.807, 2.05) is 0 Å². The molecule has 1 atom stereocenters. The standard InChI is InChI=1S/C14H18ClF3N6O/c1-7(4-5-25-10-8(2)23-24(3)11(10)19)21-12-9(14(16,17)18)6-20-13(15)22-12/h6-7H,4-5,19H2,1-3H3,(H,20,21,22)/t7-/m1/s1. The van der Waals surface area contributed by atoms with Crippen molar-refractivity contribution in [2.45, 2.75) is 32.5 Å². The number of aryl methyl sites for hydroxylation is 2. The van der Waals surface area contributed by atoms with Gasteiger partial charge in [-0.25, -0.2) is 14.6 Å². The van der Waals surface area contributed by atoms with E-state index in [-0.39, 0.29) is 23.8 Å². The first kappa shape index (κ1) is 19.1. The number of hydrogen-bond acceptors (Lipinski definition) is 6. The Morgan fingerprint density at radius 1 is 1.44 bits per heavy atom. The Labute approximate surface area is 147 Å². The van der Waals surface area contributed by atoms with Crippen LogP contribution in [0.2, 0.25) is 5.28 Å². The molecule has 0 spiro atoms. The SMILES string of the molecule is Cc1nn(C)c(N)c1OCC[C@@H](C)Nc1nc(Cl)ncc1C(F)(F)F. The van der Waals surface area contributed by atoms with Crippen molar-refractivity contribution in [2.24, 2.45) is 7.05 Å². The van der Waals surface area contributed by atoms with Crippen LogP contribution in [-0.2, 0) is 13.2 Å². The molecule has 2 heterocycles. The molecule has 0 aliphatic carbocycles. The zero-order valence-corrected chi connectivity index (χ0v) is 14.6. The number of aromatic nitrogens is 4. The molecule has 25 heavy (non-hydrogen) atoms. The molecule has 0 aliphatic heterocycles. The third kappa shape index (κ3) is 4.65. The quantitative estimate of drug-likeness (QED) is 0.751. The minimum atomic E-state index is -4.58. The lowest BCUT2D eigenvalue weighted by atomic mass is 10.2. The zero-order chi connectivity index (χ0) is 18.8. The van der Waals surface area contributed by atoms with Gasteiger partial charge in [0.1, 0.15) is 17.1 Å². The molecule has 11 heteroatoms. The van der Waals surface area contributed by atoms with Crippen molar-refractivity contribution in [1.29, 1.82) is 0 Å². The maximum atomic E-state index is 13.0. The highest BCUT2D eigenvalue weighted by Gasteiger charge is 2.35. The first-order chi connectivity index (χ1) is 11.6. The highest BCUT2D eigenvalue weighted by Crippen LogP contribution is 2.34. The molecule has 3 N–H and O–H groups in total. The summed E-state index contributed by atoms with van der Waals surface area (Å²) < 4.78 is 46.0. The van der Waals surface area contributed by atoms with Gasteiger partial charge in [0.2, 0.25) is 5.28 Å². The molecule has 0 aromatic carbocycles. The van der Waals surface area contributed by atoms with Crippen LogP contribution in [0, 0.1) is 6.92 Å². The third-order valence-electron chi connectivity index (χ3n) is 3.46. The highest BCUT2D eigenvalue weighted by molar-refractivity contribution is 6.28. The van der Waals surface area contributed by atoms with Gasteiger partial charge in [0.05, 0.1) is 6.61 Å². The summed E-state index contributed by atoms with van der Waals surface area (Å²) in [5, 5.41) is 6.54. The van der Waals surface area contributed by atoms with E-state index in [0.29, 0.717) is 29.9 Å². The van der Waals surface area contributed by atoms with Gasteiger partial charge >= 0.3 is 6.18 Å². The molecule has 0 bridgehead atoms. The molecule has 0 saturated carbocycles. The number of ether oxygens (including phenoxy) is 1. The minimum Gasteiger partial charge on any atom is -0.488 e. The van der Waals surface area contributed by atoms with Crippen LogP contribution in [0.15, 0.2) is 6.20 Å². The number of alkyl halides is 3.